The number of nitrogens with two attached hydrogens (primary N) is 1. The summed E-state index contributed by atoms with van der Waals surface area (Å²) >= 11 is 0. The van der Waals surface area contributed by atoms with Gasteiger partial charge >= 0.3 is 0 Å². The molecule has 0 amide bonds. The lowest BCUT2D eigenvalue weighted by atomic mass is 9.94. The summed E-state index contributed by atoms with van der Waals surface area (Å²) in [6.07, 6.45) is 0.397. The summed E-state index contributed by atoms with van der Waals surface area (Å²) in [6.45, 7) is 0. The standard InChI is InChI=1S/C24H27NO6S2/c1-30-20-12-11-16(14-21(20)31-2)13-19(25)18-9-6-10-22-24(18)23(15-32(22,26)27)33(28,29)17-7-4-3-5-8-17/h3-12,14,19,23,26-27H,13,15,25H2,1-2H3. The predicted molar refractivity (Wildman–Crippen MR) is 129 cm³/mol. The van der Waals surface area contributed by atoms with Gasteiger partial charge in [0, 0.05) is 6.04 Å². The van der Waals surface area contributed by atoms with E-state index in [2.05, 4.69) is 0 Å². The minimum atomic E-state index is -3.86. The van der Waals surface area contributed by atoms with E-state index >= 15 is 0 Å². The van der Waals surface area contributed by atoms with Crippen LogP contribution in [-0.4, -0.2) is 37.5 Å². The first-order valence-corrected chi connectivity index (χ1v) is 13.6. The number of methoxy groups -OCH3 is 2. The van der Waals surface area contributed by atoms with Gasteiger partial charge in [-0.25, -0.2) is 8.42 Å². The predicted octanol–water partition coefficient (Wildman–Crippen LogP) is 4.58. The molecule has 176 valence electrons. The Morgan fingerprint density at radius 3 is 2.36 bits per heavy atom. The van der Waals surface area contributed by atoms with Crippen LogP contribution in [0.5, 0.6) is 11.5 Å². The molecule has 4 rings (SSSR count). The van der Waals surface area contributed by atoms with Gasteiger partial charge in [0.1, 0.15) is 5.25 Å². The van der Waals surface area contributed by atoms with Crippen molar-refractivity contribution in [2.45, 2.75) is 27.5 Å². The Morgan fingerprint density at radius 1 is 1.00 bits per heavy atom. The van der Waals surface area contributed by atoms with Gasteiger partial charge in [0.05, 0.1) is 29.8 Å². The maximum atomic E-state index is 13.5. The van der Waals surface area contributed by atoms with Crippen LogP contribution in [-0.2, 0) is 16.3 Å². The molecule has 4 N–H and O–H groups in total. The molecule has 3 aromatic carbocycles. The molecule has 1 aliphatic heterocycles. The molecule has 33 heavy (non-hydrogen) atoms. The number of rotatable bonds is 7. The van der Waals surface area contributed by atoms with Gasteiger partial charge in [0.25, 0.3) is 0 Å². The van der Waals surface area contributed by atoms with Gasteiger partial charge in [-0.2, -0.15) is 10.6 Å². The molecule has 7 nitrogen and oxygen atoms in total. The minimum Gasteiger partial charge on any atom is -0.493 e. The number of benzene rings is 3. The van der Waals surface area contributed by atoms with E-state index in [-0.39, 0.29) is 15.5 Å². The van der Waals surface area contributed by atoms with Crippen LogP contribution in [0.1, 0.15) is 28.0 Å². The van der Waals surface area contributed by atoms with Gasteiger partial charge < -0.3 is 15.2 Å². The van der Waals surface area contributed by atoms with E-state index in [1.54, 1.807) is 56.7 Å². The molecule has 9 heteroatoms. The summed E-state index contributed by atoms with van der Waals surface area (Å²) in [5, 5.41) is -1.09. The van der Waals surface area contributed by atoms with E-state index in [1.807, 2.05) is 12.1 Å². The van der Waals surface area contributed by atoms with Gasteiger partial charge in [-0.3, -0.25) is 9.11 Å². The third-order valence-corrected chi connectivity index (χ3v) is 10.1. The SMILES string of the molecule is COc1ccc(CC(N)c2cccc3c2C(S(=O)(=O)c2ccccc2)CS3(O)O)cc1OC. The van der Waals surface area contributed by atoms with Crippen LogP contribution < -0.4 is 15.2 Å². The van der Waals surface area contributed by atoms with Crippen molar-refractivity contribution in [1.82, 2.24) is 0 Å². The van der Waals surface area contributed by atoms with E-state index in [0.29, 0.717) is 29.0 Å². The second kappa shape index (κ2) is 9.00. The van der Waals surface area contributed by atoms with Gasteiger partial charge in [-0.1, -0.05) is 36.4 Å². The fourth-order valence-electron chi connectivity index (χ4n) is 4.29. The van der Waals surface area contributed by atoms with Crippen LogP contribution in [0, 0.1) is 0 Å². The first kappa shape index (κ1) is 23.6. The topological polar surface area (TPSA) is 119 Å². The number of sulfone groups is 1. The zero-order valence-corrected chi connectivity index (χ0v) is 20.0. The Hall–Kier alpha value is -2.56. The monoisotopic (exact) mass is 489 g/mol. The molecule has 1 heterocycles. The minimum absolute atomic E-state index is 0.140. The molecule has 0 aromatic heterocycles. The first-order chi connectivity index (χ1) is 15.7. The number of ether oxygens (including phenoxy) is 2. The fourth-order valence-corrected chi connectivity index (χ4v) is 8.76. The summed E-state index contributed by atoms with van der Waals surface area (Å²) < 4.78 is 59.1. The summed E-state index contributed by atoms with van der Waals surface area (Å²) in [5.41, 5.74) is 8.44. The fraction of sp³-hybridized carbons (Fsp3) is 0.250. The molecule has 2 atom stereocenters. The average molecular weight is 490 g/mol. The molecule has 0 saturated carbocycles. The quantitative estimate of drug-likeness (QED) is 0.444. The van der Waals surface area contributed by atoms with Gasteiger partial charge in [0.2, 0.25) is 0 Å². The molecular weight excluding hydrogens is 462 g/mol. The van der Waals surface area contributed by atoms with Gasteiger partial charge in [-0.05, 0) is 53.4 Å². The molecular formula is C24H27NO6S2. The van der Waals surface area contributed by atoms with E-state index < -0.39 is 31.7 Å². The summed E-state index contributed by atoms with van der Waals surface area (Å²) in [6, 6.07) is 18.0. The van der Waals surface area contributed by atoms with Crippen molar-refractivity contribution < 1.29 is 27.0 Å². The van der Waals surface area contributed by atoms with Crippen LogP contribution in [0.15, 0.2) is 76.5 Å². The third kappa shape index (κ3) is 4.34. The Bertz CT molecular complexity index is 1260. The molecule has 0 fully saturated rings. The average Bonchev–Trinajstić information content (AvgIpc) is 3.11. The molecule has 0 aliphatic carbocycles. The van der Waals surface area contributed by atoms with Gasteiger partial charge in [-0.15, -0.1) is 0 Å². The Morgan fingerprint density at radius 2 is 1.70 bits per heavy atom. The second-order valence-electron chi connectivity index (χ2n) is 7.94. The molecule has 0 spiro atoms. The van der Waals surface area contributed by atoms with Crippen molar-refractivity contribution in [1.29, 1.82) is 0 Å². The van der Waals surface area contributed by atoms with Crippen molar-refractivity contribution in [2.75, 3.05) is 20.0 Å². The highest BCUT2D eigenvalue weighted by molar-refractivity contribution is 8.25. The summed E-state index contributed by atoms with van der Waals surface area (Å²) in [7, 11) is -4.02. The highest BCUT2D eigenvalue weighted by atomic mass is 32.3. The van der Waals surface area contributed by atoms with Crippen molar-refractivity contribution in [3.8, 4) is 11.5 Å². The molecule has 0 radical (unpaired) electrons. The van der Waals surface area contributed by atoms with Crippen LogP contribution in [0.4, 0.5) is 0 Å². The molecule has 0 bridgehead atoms. The lowest BCUT2D eigenvalue weighted by molar-refractivity contribution is 0.354. The van der Waals surface area contributed by atoms with E-state index in [0.717, 1.165) is 5.56 Å². The smallest absolute Gasteiger partial charge is 0.187 e. The first-order valence-electron chi connectivity index (χ1n) is 10.3. The summed E-state index contributed by atoms with van der Waals surface area (Å²) in [4.78, 5) is 0.397. The Kier molecular flexibility index (Phi) is 6.43. The number of hydrogen-bond acceptors (Lipinski definition) is 7. The van der Waals surface area contributed by atoms with Crippen LogP contribution in [0.25, 0.3) is 0 Å². The van der Waals surface area contributed by atoms with Crippen LogP contribution >= 0.6 is 10.6 Å². The van der Waals surface area contributed by atoms with Crippen LogP contribution in [0.3, 0.4) is 0 Å². The molecule has 3 aromatic rings. The number of hydrogen-bond donors (Lipinski definition) is 3. The van der Waals surface area contributed by atoms with Crippen LogP contribution in [0.2, 0.25) is 0 Å². The number of fused-ring (bicyclic) bond motifs is 1. The maximum Gasteiger partial charge on any atom is 0.187 e. The Balaban J connectivity index is 1.76. The highest BCUT2D eigenvalue weighted by Crippen LogP contribution is 2.62. The molecule has 1 aliphatic rings. The third-order valence-electron chi connectivity index (χ3n) is 5.91. The van der Waals surface area contributed by atoms with Crippen molar-refractivity contribution in [3.05, 3.63) is 83.4 Å². The van der Waals surface area contributed by atoms with Crippen molar-refractivity contribution in [3.63, 3.8) is 0 Å². The normalized spacial score (nSPS) is 18.9. The van der Waals surface area contributed by atoms with E-state index in [1.165, 1.54) is 12.1 Å². The summed E-state index contributed by atoms with van der Waals surface area (Å²) in [5.74, 6) is 0.886. The highest BCUT2D eigenvalue weighted by Gasteiger charge is 2.45. The van der Waals surface area contributed by atoms with E-state index in [9.17, 15) is 17.5 Å². The second-order valence-corrected chi connectivity index (χ2v) is 12.2. The largest absolute Gasteiger partial charge is 0.493 e. The Labute approximate surface area is 195 Å². The van der Waals surface area contributed by atoms with Crippen molar-refractivity contribution in [2.24, 2.45) is 5.73 Å². The molecule has 2 unspecified atom stereocenters. The zero-order chi connectivity index (χ0) is 23.8. The maximum absolute atomic E-state index is 13.5. The zero-order valence-electron chi connectivity index (χ0n) is 18.3. The lowest BCUT2D eigenvalue weighted by Crippen LogP contribution is -2.20. The van der Waals surface area contributed by atoms with E-state index in [4.69, 9.17) is 15.2 Å². The van der Waals surface area contributed by atoms with Gasteiger partial charge in [0.15, 0.2) is 21.3 Å². The lowest BCUT2D eigenvalue weighted by Gasteiger charge is -2.27. The molecule has 0 saturated heterocycles. The van der Waals surface area contributed by atoms with Crippen molar-refractivity contribution >= 4 is 20.4 Å².